The first-order valence-corrected chi connectivity index (χ1v) is 6.96. The number of likely N-dealkylation sites (N-methyl/N-ethyl adjacent to an activating group) is 1. The van der Waals surface area contributed by atoms with Crippen LogP contribution in [0.5, 0.6) is 0 Å². The smallest absolute Gasteiger partial charge is 0.264 e. The number of halogens is 2. The number of amides is 1. The molecule has 7 heteroatoms. The van der Waals surface area contributed by atoms with Crippen LogP contribution in [0.25, 0.3) is 0 Å². The fourth-order valence-corrected chi connectivity index (χ4v) is 2.23. The number of carbonyl (C=O) groups excluding carboxylic acids is 1. The molecule has 1 aliphatic rings. The summed E-state index contributed by atoms with van der Waals surface area (Å²) in [4.78, 5) is 19.0. The molecule has 1 N–H and O–H groups in total. The predicted molar refractivity (Wildman–Crippen MR) is 79.0 cm³/mol. The molecule has 0 fully saturated rings. The number of hydrogen-bond acceptors (Lipinski definition) is 4. The molecule has 1 atom stereocenters. The van der Waals surface area contributed by atoms with Gasteiger partial charge in [-0.25, -0.2) is 4.39 Å². The van der Waals surface area contributed by atoms with Crippen molar-refractivity contribution in [2.75, 3.05) is 27.2 Å². The van der Waals surface area contributed by atoms with Gasteiger partial charge in [-0.15, -0.1) is 0 Å². The van der Waals surface area contributed by atoms with Crippen LogP contribution < -0.4 is 5.32 Å². The maximum atomic E-state index is 13.8. The lowest BCUT2D eigenvalue weighted by Crippen LogP contribution is -2.38. The van der Waals surface area contributed by atoms with Gasteiger partial charge in [0.05, 0.1) is 16.3 Å². The van der Waals surface area contributed by atoms with Gasteiger partial charge in [0.15, 0.2) is 0 Å². The highest BCUT2D eigenvalue weighted by Crippen LogP contribution is 2.25. The van der Waals surface area contributed by atoms with Crippen LogP contribution in [0, 0.1) is 5.82 Å². The number of nitrogens with zero attached hydrogens (tertiary/aromatic N) is 2. The summed E-state index contributed by atoms with van der Waals surface area (Å²) in [6, 6.07) is 4.39. The van der Waals surface area contributed by atoms with Gasteiger partial charge in [-0.3, -0.25) is 4.79 Å². The van der Waals surface area contributed by atoms with E-state index in [4.69, 9.17) is 16.4 Å². The minimum absolute atomic E-state index is 0.197. The van der Waals surface area contributed by atoms with Crippen molar-refractivity contribution >= 4 is 23.2 Å². The Labute approximate surface area is 127 Å². The van der Waals surface area contributed by atoms with Crippen LogP contribution in [0.3, 0.4) is 0 Å². The maximum absolute atomic E-state index is 13.8. The van der Waals surface area contributed by atoms with Gasteiger partial charge in [0.2, 0.25) is 6.10 Å². The van der Waals surface area contributed by atoms with E-state index < -0.39 is 11.9 Å². The Morgan fingerprint density at radius 3 is 3.00 bits per heavy atom. The Bertz CT molecular complexity index is 543. The minimum atomic E-state index is -0.738. The van der Waals surface area contributed by atoms with Crippen molar-refractivity contribution in [2.24, 2.45) is 5.16 Å². The third-order valence-electron chi connectivity index (χ3n) is 3.07. The Balaban J connectivity index is 1.95. The number of hydrogen-bond donors (Lipinski definition) is 1. The van der Waals surface area contributed by atoms with Crippen molar-refractivity contribution in [3.05, 3.63) is 34.6 Å². The number of rotatable bonds is 5. The Kier molecular flexibility index (Phi) is 5.14. The second-order valence-electron chi connectivity index (χ2n) is 5.03. The summed E-state index contributed by atoms with van der Waals surface area (Å²) in [6.45, 7) is 1.24. The summed E-state index contributed by atoms with van der Waals surface area (Å²) >= 11 is 5.97. The molecule has 1 aromatic carbocycles. The minimum Gasteiger partial charge on any atom is -0.382 e. The van der Waals surface area contributed by atoms with Gasteiger partial charge in [0.1, 0.15) is 5.82 Å². The lowest BCUT2D eigenvalue weighted by atomic mass is 10.0. The molecule has 1 aliphatic heterocycles. The summed E-state index contributed by atoms with van der Waals surface area (Å²) in [5.74, 6) is -0.735. The summed E-state index contributed by atoms with van der Waals surface area (Å²) in [7, 11) is 3.83. The third kappa shape index (κ3) is 3.92. The maximum Gasteiger partial charge on any atom is 0.264 e. The molecule has 0 bridgehead atoms. The van der Waals surface area contributed by atoms with Gasteiger partial charge >= 0.3 is 0 Å². The molecule has 0 aromatic heterocycles. The molecule has 2 rings (SSSR count). The van der Waals surface area contributed by atoms with Crippen molar-refractivity contribution in [1.29, 1.82) is 0 Å². The summed E-state index contributed by atoms with van der Waals surface area (Å²) in [5, 5.41) is 6.80. The van der Waals surface area contributed by atoms with E-state index in [1.165, 1.54) is 12.1 Å². The molecular weight excluding hydrogens is 297 g/mol. The van der Waals surface area contributed by atoms with E-state index >= 15 is 0 Å². The van der Waals surface area contributed by atoms with E-state index in [9.17, 15) is 9.18 Å². The van der Waals surface area contributed by atoms with E-state index in [1.54, 1.807) is 6.07 Å². The number of nitrogens with one attached hydrogen (secondary N) is 1. The molecule has 0 saturated heterocycles. The topological polar surface area (TPSA) is 53.9 Å². The third-order valence-corrected chi connectivity index (χ3v) is 3.39. The Morgan fingerprint density at radius 1 is 1.57 bits per heavy atom. The van der Waals surface area contributed by atoms with Crippen LogP contribution in [0.1, 0.15) is 12.0 Å². The molecule has 5 nitrogen and oxygen atoms in total. The van der Waals surface area contributed by atoms with Crippen molar-refractivity contribution in [2.45, 2.75) is 12.5 Å². The fraction of sp³-hybridized carbons (Fsp3) is 0.429. The highest BCUT2D eigenvalue weighted by Gasteiger charge is 2.30. The van der Waals surface area contributed by atoms with E-state index in [0.29, 0.717) is 12.3 Å². The highest BCUT2D eigenvalue weighted by atomic mass is 35.5. The second-order valence-corrected chi connectivity index (χ2v) is 5.43. The molecule has 0 aliphatic carbocycles. The van der Waals surface area contributed by atoms with Crippen molar-refractivity contribution < 1.29 is 14.0 Å². The van der Waals surface area contributed by atoms with Gasteiger partial charge < -0.3 is 15.1 Å². The highest BCUT2D eigenvalue weighted by molar-refractivity contribution is 6.34. The van der Waals surface area contributed by atoms with Gasteiger partial charge in [-0.05, 0) is 26.2 Å². The van der Waals surface area contributed by atoms with Crippen LogP contribution >= 0.6 is 11.6 Å². The first kappa shape index (κ1) is 15.7. The summed E-state index contributed by atoms with van der Waals surface area (Å²) < 4.78 is 13.8. The molecule has 1 aromatic rings. The zero-order chi connectivity index (χ0) is 15.4. The summed E-state index contributed by atoms with van der Waals surface area (Å²) in [6.07, 6.45) is -0.535. The van der Waals surface area contributed by atoms with Gasteiger partial charge in [-0.2, -0.15) is 0 Å². The normalized spacial score (nSPS) is 17.6. The van der Waals surface area contributed by atoms with Crippen molar-refractivity contribution in [1.82, 2.24) is 10.2 Å². The van der Waals surface area contributed by atoms with Crippen LogP contribution in [-0.2, 0) is 9.63 Å². The van der Waals surface area contributed by atoms with Crippen LogP contribution in [-0.4, -0.2) is 49.8 Å². The second kappa shape index (κ2) is 6.87. The van der Waals surface area contributed by atoms with Gasteiger partial charge in [0.25, 0.3) is 5.91 Å². The van der Waals surface area contributed by atoms with Crippen molar-refractivity contribution in [3.8, 4) is 0 Å². The monoisotopic (exact) mass is 313 g/mol. The molecule has 1 heterocycles. The van der Waals surface area contributed by atoms with E-state index in [1.807, 2.05) is 19.0 Å². The zero-order valence-electron chi connectivity index (χ0n) is 11.9. The van der Waals surface area contributed by atoms with Crippen LogP contribution in [0.4, 0.5) is 4.39 Å². The number of oxime groups is 1. The van der Waals surface area contributed by atoms with E-state index in [2.05, 4.69) is 10.5 Å². The first-order valence-electron chi connectivity index (χ1n) is 6.58. The average Bonchev–Trinajstić information content (AvgIpc) is 2.87. The van der Waals surface area contributed by atoms with Crippen molar-refractivity contribution in [3.63, 3.8) is 0 Å². The lowest BCUT2D eigenvalue weighted by Gasteiger charge is -2.12. The van der Waals surface area contributed by atoms with Gasteiger partial charge in [0, 0.05) is 19.5 Å². The molecule has 1 unspecified atom stereocenters. The molecule has 0 saturated carbocycles. The van der Waals surface area contributed by atoms with Crippen LogP contribution in [0.15, 0.2) is 23.4 Å². The molecular formula is C14H17ClFN3O2. The van der Waals surface area contributed by atoms with Crippen LogP contribution in [0.2, 0.25) is 5.02 Å². The van der Waals surface area contributed by atoms with E-state index in [-0.39, 0.29) is 22.9 Å². The predicted octanol–water partition coefficient (Wildman–Crippen LogP) is 1.65. The Morgan fingerprint density at radius 2 is 2.33 bits per heavy atom. The molecule has 114 valence electrons. The zero-order valence-corrected chi connectivity index (χ0v) is 12.7. The molecule has 0 spiro atoms. The quantitative estimate of drug-likeness (QED) is 0.899. The standard InChI is InChI=1S/C14H17ClFN3O2/c1-19(2)7-6-17-14(20)12-8-11(18-21-12)13-9(15)4-3-5-10(13)16/h3-5,12H,6-8H2,1-2H3,(H,17,20). The summed E-state index contributed by atoms with van der Waals surface area (Å²) in [5.41, 5.74) is 0.550. The molecule has 0 radical (unpaired) electrons. The Hall–Kier alpha value is -1.66. The first-order chi connectivity index (χ1) is 9.99. The molecule has 21 heavy (non-hydrogen) atoms. The fourth-order valence-electron chi connectivity index (χ4n) is 1.96. The number of carbonyl (C=O) groups is 1. The SMILES string of the molecule is CN(C)CCNC(=O)C1CC(c2c(F)cccc2Cl)=NO1. The number of benzene rings is 1. The lowest BCUT2D eigenvalue weighted by molar-refractivity contribution is -0.131. The average molecular weight is 314 g/mol. The van der Waals surface area contributed by atoms with Gasteiger partial charge in [-0.1, -0.05) is 22.8 Å². The largest absolute Gasteiger partial charge is 0.382 e. The van der Waals surface area contributed by atoms with E-state index in [0.717, 1.165) is 6.54 Å². The molecule has 1 amide bonds.